The molecule has 19 heteroatoms. The Balaban J connectivity index is 0.594. The minimum Gasteiger partial charge on any atom is -0.388 e. The maximum Gasteiger partial charge on any atom is 0.261 e. The molecule has 85 heavy (non-hydrogen) atoms. The van der Waals surface area contributed by atoms with Crippen LogP contribution in [0.3, 0.4) is 0 Å². The summed E-state index contributed by atoms with van der Waals surface area (Å²) in [5, 5.41) is 19.9. The molecule has 1 aliphatic carbocycles. The number of imide groups is 1. The van der Waals surface area contributed by atoms with Crippen LogP contribution in [0.5, 0.6) is 0 Å². The zero-order chi connectivity index (χ0) is 59.2. The number of nitrogens with one attached hydrogen (secondary N) is 2. The molecule has 5 aliphatic rings. The molecular formula is C66H77ClN10O8. The average molecular weight is 1170 g/mol. The molecule has 0 radical (unpaired) electrons. The zero-order valence-electron chi connectivity index (χ0n) is 48.7. The summed E-state index contributed by atoms with van der Waals surface area (Å²) in [5.41, 5.74) is 6.71. The van der Waals surface area contributed by atoms with Crippen molar-refractivity contribution < 1.29 is 33.9 Å². The normalized spacial score (nSPS) is 18.6. The Kier molecular flexibility index (Phi) is 18.5. The fourth-order valence-corrected chi connectivity index (χ4v) is 13.6. The van der Waals surface area contributed by atoms with Gasteiger partial charge in [0.2, 0.25) is 17.7 Å². The molecule has 0 bridgehead atoms. The smallest absolute Gasteiger partial charge is 0.261 e. The summed E-state index contributed by atoms with van der Waals surface area (Å²) in [6, 6.07) is 25.7. The number of halogens is 1. The molecule has 18 nitrogen and oxygen atoms in total. The van der Waals surface area contributed by atoms with E-state index in [0.29, 0.717) is 92.5 Å². The third-order valence-corrected chi connectivity index (χ3v) is 18.8. The minimum absolute atomic E-state index is 0.00818. The number of likely N-dealkylation sites (tertiary alicyclic amines) is 2. The van der Waals surface area contributed by atoms with E-state index in [1.165, 1.54) is 17.9 Å². The highest BCUT2D eigenvalue weighted by atomic mass is 35.5. The van der Waals surface area contributed by atoms with E-state index in [1.54, 1.807) is 29.2 Å². The molecule has 6 amide bonds. The Morgan fingerprint density at radius 3 is 2.35 bits per heavy atom. The van der Waals surface area contributed by atoms with Crippen molar-refractivity contribution in [1.29, 1.82) is 0 Å². The van der Waals surface area contributed by atoms with E-state index in [-0.39, 0.29) is 72.7 Å². The standard InChI is InChI=1S/C66H77ClN10O8/c1-72-59(79)25-24-57(65(72)84)77-41-53-45(15-10-18-49(53)64(77)83)14-6-3-9-30-73-34-36-74(37-35-73)31-26-58(78)70-48-21-23-52-55(40-48)69-43-76(63(52)82)42-66(85)27-32-75(33-28-66)62(81)47(38-44-12-4-2-5-13-44)16-11-29-68-61(80)46-20-22-51-56(39-46)71-54-19-8-7-17-50(54)60(51)67/h2,4-5,10,12-13,15,18,20-23,39-40,43,47,57,85H,3,6-9,11,14,16-17,19,24-38,41-42H2,1H3,(H,68,80)(H,70,78). The molecule has 6 aromatic rings. The van der Waals surface area contributed by atoms with Gasteiger partial charge in [-0.1, -0.05) is 66.6 Å². The van der Waals surface area contributed by atoms with Crippen molar-refractivity contribution in [2.75, 3.05) is 71.3 Å². The summed E-state index contributed by atoms with van der Waals surface area (Å²) in [5.74, 6) is -1.28. The molecule has 3 fully saturated rings. The number of piperazine rings is 1. The van der Waals surface area contributed by atoms with E-state index in [4.69, 9.17) is 16.6 Å². The first-order valence-electron chi connectivity index (χ1n) is 30.6. The summed E-state index contributed by atoms with van der Waals surface area (Å²) in [6.07, 6.45) is 12.6. The van der Waals surface area contributed by atoms with E-state index in [1.807, 2.05) is 59.5 Å². The Bertz CT molecular complexity index is 3560. The topological polar surface area (TPSA) is 211 Å². The van der Waals surface area contributed by atoms with Gasteiger partial charge in [0.15, 0.2) is 0 Å². The number of rotatable bonds is 21. The number of amides is 6. The van der Waals surface area contributed by atoms with Crippen LogP contribution in [0.2, 0.25) is 5.02 Å². The molecule has 4 aliphatic heterocycles. The van der Waals surface area contributed by atoms with E-state index in [9.17, 15) is 38.7 Å². The second-order valence-corrected chi connectivity index (χ2v) is 24.4. The zero-order valence-corrected chi connectivity index (χ0v) is 49.4. The van der Waals surface area contributed by atoms with Crippen LogP contribution in [-0.2, 0) is 58.0 Å². The molecule has 2 aromatic heterocycles. The van der Waals surface area contributed by atoms with Crippen LogP contribution < -0.4 is 16.2 Å². The summed E-state index contributed by atoms with van der Waals surface area (Å²) >= 11 is 6.79. The van der Waals surface area contributed by atoms with E-state index >= 15 is 0 Å². The van der Waals surface area contributed by atoms with Crippen LogP contribution >= 0.6 is 11.6 Å². The second-order valence-electron chi connectivity index (χ2n) is 24.0. The van der Waals surface area contributed by atoms with Crippen LogP contribution in [0, 0.1) is 5.92 Å². The third-order valence-electron chi connectivity index (χ3n) is 18.4. The number of likely N-dealkylation sites (N-methyl/N-ethyl adjacent to an activating group) is 1. The number of aliphatic hydroxyl groups is 1. The predicted octanol–water partition coefficient (Wildman–Crippen LogP) is 7.36. The molecule has 3 N–H and O–H groups in total. The van der Waals surface area contributed by atoms with Gasteiger partial charge in [-0.25, -0.2) is 4.98 Å². The SMILES string of the molecule is CN1C(=O)CCC(N2Cc3c(CCCCCN4CCN(CCC(=O)Nc5ccc6c(=O)n(CC7(O)CCN(C(=O)C(CCCNC(=O)c8ccc9c(Cl)c%10c(nc9c8)CCCC%10)Cc8ccccc8)CC7)cnc6c5)CC4)cccc3C2=O)C1=O. The molecule has 2 atom stereocenters. The van der Waals surface area contributed by atoms with Gasteiger partial charge in [0.05, 0.1) is 39.9 Å². The van der Waals surface area contributed by atoms with Gasteiger partial charge < -0.3 is 35.3 Å². The Morgan fingerprint density at radius 2 is 1.55 bits per heavy atom. The van der Waals surface area contributed by atoms with Gasteiger partial charge in [-0.15, -0.1) is 0 Å². The number of pyridine rings is 1. The fourth-order valence-electron chi connectivity index (χ4n) is 13.2. The fraction of sp³-hybridized carbons (Fsp3) is 0.470. The van der Waals surface area contributed by atoms with Crippen molar-refractivity contribution in [3.8, 4) is 0 Å². The molecule has 446 valence electrons. The largest absolute Gasteiger partial charge is 0.388 e. The van der Waals surface area contributed by atoms with Crippen LogP contribution in [0.4, 0.5) is 5.69 Å². The molecule has 3 saturated heterocycles. The Hall–Kier alpha value is -7.38. The number of hydrogen-bond acceptors (Lipinski definition) is 12. The quantitative estimate of drug-likeness (QED) is 0.0477. The average Bonchev–Trinajstić information content (AvgIpc) is 2.63. The van der Waals surface area contributed by atoms with Gasteiger partial charge in [-0.2, -0.15) is 0 Å². The first kappa shape index (κ1) is 59.4. The monoisotopic (exact) mass is 1170 g/mol. The summed E-state index contributed by atoms with van der Waals surface area (Å²) in [4.78, 5) is 112. The van der Waals surface area contributed by atoms with Gasteiger partial charge in [-0.05, 0) is 149 Å². The minimum atomic E-state index is -1.23. The van der Waals surface area contributed by atoms with E-state index in [0.717, 1.165) is 133 Å². The number of piperidine rings is 2. The van der Waals surface area contributed by atoms with Gasteiger partial charge in [-0.3, -0.25) is 48.0 Å². The van der Waals surface area contributed by atoms with E-state index < -0.39 is 11.6 Å². The summed E-state index contributed by atoms with van der Waals surface area (Å²) in [6.45, 7) is 6.75. The van der Waals surface area contributed by atoms with Crippen molar-refractivity contribution in [1.82, 2.24) is 44.4 Å². The van der Waals surface area contributed by atoms with Gasteiger partial charge >= 0.3 is 0 Å². The summed E-state index contributed by atoms with van der Waals surface area (Å²) in [7, 11) is 1.49. The van der Waals surface area contributed by atoms with E-state index in [2.05, 4.69) is 31.5 Å². The van der Waals surface area contributed by atoms with Crippen molar-refractivity contribution in [3.63, 3.8) is 0 Å². The molecule has 11 rings (SSSR count). The highest BCUT2D eigenvalue weighted by molar-refractivity contribution is 6.36. The number of nitrogens with zero attached hydrogens (tertiary/aromatic N) is 8. The molecule has 6 heterocycles. The highest BCUT2D eigenvalue weighted by Crippen LogP contribution is 2.35. The lowest BCUT2D eigenvalue weighted by Gasteiger charge is -2.39. The highest BCUT2D eigenvalue weighted by Gasteiger charge is 2.42. The lowest BCUT2D eigenvalue weighted by Crippen LogP contribution is -2.53. The number of benzene rings is 4. The first-order valence-corrected chi connectivity index (χ1v) is 31.0. The molecule has 2 unspecified atom stereocenters. The number of carbonyl (C=O) groups is 6. The Labute approximate surface area is 500 Å². The van der Waals surface area contributed by atoms with Gasteiger partial charge in [0.25, 0.3) is 23.3 Å². The lowest BCUT2D eigenvalue weighted by molar-refractivity contribution is -0.150. The van der Waals surface area contributed by atoms with Crippen molar-refractivity contribution in [3.05, 3.63) is 146 Å². The van der Waals surface area contributed by atoms with Crippen molar-refractivity contribution >= 4 is 74.5 Å². The number of carbonyl (C=O) groups excluding carboxylic acids is 6. The predicted molar refractivity (Wildman–Crippen MR) is 326 cm³/mol. The number of aromatic nitrogens is 3. The Morgan fingerprint density at radius 1 is 0.788 bits per heavy atom. The number of fused-ring (bicyclic) bond motifs is 4. The summed E-state index contributed by atoms with van der Waals surface area (Å²) < 4.78 is 1.44. The number of anilines is 1. The van der Waals surface area contributed by atoms with Gasteiger partial charge in [0.1, 0.15) is 6.04 Å². The number of hydrogen-bond donors (Lipinski definition) is 3. The third kappa shape index (κ3) is 13.7. The van der Waals surface area contributed by atoms with Crippen LogP contribution in [0.25, 0.3) is 21.8 Å². The van der Waals surface area contributed by atoms with Crippen LogP contribution in [0.1, 0.15) is 126 Å². The first-order chi connectivity index (χ1) is 41.2. The maximum absolute atomic E-state index is 14.3. The number of aryl methyl sites for hydroxylation is 2. The van der Waals surface area contributed by atoms with Crippen LogP contribution in [0.15, 0.2) is 96.1 Å². The number of unbranched alkanes of at least 4 members (excludes halogenated alkanes) is 2. The molecule has 0 saturated carbocycles. The van der Waals surface area contributed by atoms with Crippen molar-refractivity contribution in [2.45, 2.75) is 127 Å². The second kappa shape index (κ2) is 26.5. The molecule has 0 spiro atoms. The maximum atomic E-state index is 14.3. The lowest BCUT2D eigenvalue weighted by atomic mass is 9.88. The van der Waals surface area contributed by atoms with Gasteiger partial charge in [0, 0.05) is 113 Å². The van der Waals surface area contributed by atoms with Crippen LogP contribution in [-0.4, -0.2) is 157 Å². The molecule has 4 aromatic carbocycles. The molecular weight excluding hydrogens is 1100 g/mol. The van der Waals surface area contributed by atoms with Crippen molar-refractivity contribution in [2.24, 2.45) is 5.92 Å².